The van der Waals surface area contributed by atoms with Gasteiger partial charge < -0.3 is 6.15 Å². The number of hydrogen-bond acceptors (Lipinski definition) is 3. The first-order chi connectivity index (χ1) is 14.3. The first kappa shape index (κ1) is 35.8. The summed E-state index contributed by atoms with van der Waals surface area (Å²) in [6, 6.07) is 0. The third kappa shape index (κ3) is 4.37. The Labute approximate surface area is 181 Å². The van der Waals surface area contributed by atoms with Crippen LogP contribution in [0.4, 0.5) is 79.0 Å². The Morgan fingerprint density at radius 2 is 0.743 bits per heavy atom. The van der Waals surface area contributed by atoms with Crippen molar-refractivity contribution in [2.45, 2.75) is 72.4 Å². The lowest BCUT2D eigenvalue weighted by atomic mass is 9.87. The van der Waals surface area contributed by atoms with E-state index in [1.807, 2.05) is 0 Å². The fourth-order valence-corrected chi connectivity index (χ4v) is 2.48. The molecule has 0 rings (SSSR count). The van der Waals surface area contributed by atoms with Crippen LogP contribution in [-0.4, -0.2) is 65.6 Å². The maximum absolute atomic E-state index is 13.5. The molecular formula is C12H11F18NO3S. The molecule has 0 aromatic rings. The molecule has 0 aliphatic heterocycles. The molecule has 0 fully saturated rings. The van der Waals surface area contributed by atoms with Crippen LogP contribution in [0, 0.1) is 0 Å². The first-order valence-corrected chi connectivity index (χ1v) is 9.12. The Balaban J connectivity index is 0. The molecule has 0 amide bonds. The van der Waals surface area contributed by atoms with E-state index in [1.54, 1.807) is 0 Å². The Morgan fingerprint density at radius 3 is 0.971 bits per heavy atom. The lowest BCUT2D eigenvalue weighted by molar-refractivity contribution is -0.459. The van der Waals surface area contributed by atoms with Gasteiger partial charge in [-0.2, -0.15) is 87.4 Å². The minimum atomic E-state index is -9.00. The van der Waals surface area contributed by atoms with Gasteiger partial charge in [0, 0.05) is 6.42 Å². The molecule has 0 bridgehead atoms. The van der Waals surface area contributed by atoms with Crippen molar-refractivity contribution in [1.82, 2.24) is 6.15 Å². The SMILES string of the molecule is CCCC(F)(F)C(F)(F)C(F)(F)C(F)(F)C(F)(F)C(F)(F)C(F)(F)C(F)(F)C(F)(F)S(=O)(=O)O.N. The summed E-state index contributed by atoms with van der Waals surface area (Å²) < 4.78 is 267. The Kier molecular flexibility index (Phi) is 9.06. The standard InChI is InChI=1S/C12H8F18O3S.H3N/c1-2-3-4(13,14)5(15,16)6(17,18)7(19,20)8(21,22)9(23,24)10(25,26)11(27,28)12(29,30)34(31,32)33;/h2-3H2,1H3,(H,31,32,33);1H3. The minimum Gasteiger partial charge on any atom is -0.344 e. The molecule has 0 radical (unpaired) electrons. The largest absolute Gasteiger partial charge is 0.438 e. The van der Waals surface area contributed by atoms with Crippen LogP contribution < -0.4 is 6.15 Å². The fraction of sp³-hybridized carbons (Fsp3) is 1.00. The van der Waals surface area contributed by atoms with Crippen molar-refractivity contribution < 1.29 is 92.0 Å². The van der Waals surface area contributed by atoms with Gasteiger partial charge in [0.1, 0.15) is 0 Å². The molecule has 0 aromatic heterocycles. The quantitative estimate of drug-likeness (QED) is 0.212. The van der Waals surface area contributed by atoms with Crippen LogP contribution in [-0.2, 0) is 10.1 Å². The van der Waals surface area contributed by atoms with Gasteiger partial charge in [-0.15, -0.1) is 0 Å². The predicted molar refractivity (Wildman–Crippen MR) is 76.0 cm³/mol. The summed E-state index contributed by atoms with van der Waals surface area (Å²) in [5.41, 5.74) is 0. The molecule has 0 saturated carbocycles. The van der Waals surface area contributed by atoms with Crippen molar-refractivity contribution in [2.24, 2.45) is 0 Å². The molecular weight excluding hydrogens is 580 g/mol. The van der Waals surface area contributed by atoms with E-state index in [-0.39, 0.29) is 6.15 Å². The second kappa shape index (κ2) is 8.87. The number of halogens is 18. The summed E-state index contributed by atoms with van der Waals surface area (Å²) >= 11 is 0. The highest BCUT2D eigenvalue weighted by atomic mass is 32.2. The van der Waals surface area contributed by atoms with Crippen LogP contribution in [0.2, 0.25) is 0 Å². The van der Waals surface area contributed by atoms with Crippen molar-refractivity contribution in [2.75, 3.05) is 0 Å². The van der Waals surface area contributed by atoms with E-state index in [2.05, 4.69) is 0 Å². The maximum Gasteiger partial charge on any atom is 0.438 e. The zero-order valence-electron chi connectivity index (χ0n) is 16.1. The Bertz CT molecular complexity index is 868. The van der Waals surface area contributed by atoms with Gasteiger partial charge in [0.25, 0.3) is 0 Å². The van der Waals surface area contributed by atoms with E-state index < -0.39 is 75.6 Å². The predicted octanol–water partition coefficient (Wildman–Crippen LogP) is 6.51. The van der Waals surface area contributed by atoms with Crippen LogP contribution in [0.1, 0.15) is 19.8 Å². The Morgan fingerprint density at radius 1 is 0.514 bits per heavy atom. The zero-order valence-corrected chi connectivity index (χ0v) is 16.9. The molecule has 4 N–H and O–H groups in total. The number of hydrogen-bond donors (Lipinski definition) is 2. The molecule has 0 spiro atoms. The summed E-state index contributed by atoms with van der Waals surface area (Å²) in [5.74, 6) is -66.9. The minimum absolute atomic E-state index is 0. The third-order valence-corrected chi connectivity index (χ3v) is 4.98. The monoisotopic (exact) mass is 591 g/mol. The van der Waals surface area contributed by atoms with Gasteiger partial charge in [-0.25, -0.2) is 0 Å². The second-order valence-corrected chi connectivity index (χ2v) is 7.93. The molecule has 0 atom stereocenters. The van der Waals surface area contributed by atoms with E-state index in [0.717, 1.165) is 0 Å². The van der Waals surface area contributed by atoms with Crippen molar-refractivity contribution in [3.63, 3.8) is 0 Å². The van der Waals surface area contributed by atoms with Gasteiger partial charge in [-0.05, 0) is 0 Å². The number of alkyl halides is 18. The molecule has 0 aromatic carbocycles. The van der Waals surface area contributed by atoms with E-state index >= 15 is 0 Å². The lowest BCUT2D eigenvalue weighted by Crippen LogP contribution is -2.76. The molecule has 0 heterocycles. The van der Waals surface area contributed by atoms with E-state index in [9.17, 15) is 87.4 Å². The van der Waals surface area contributed by atoms with Crippen molar-refractivity contribution in [3.8, 4) is 0 Å². The van der Waals surface area contributed by atoms with E-state index in [4.69, 9.17) is 4.55 Å². The highest BCUT2D eigenvalue weighted by Gasteiger charge is 2.97. The molecule has 4 nitrogen and oxygen atoms in total. The van der Waals surface area contributed by atoms with Gasteiger partial charge in [0.05, 0.1) is 0 Å². The fourth-order valence-electron chi connectivity index (χ4n) is 2.03. The molecule has 0 saturated heterocycles. The van der Waals surface area contributed by atoms with E-state index in [0.29, 0.717) is 6.92 Å². The normalized spacial score (nSPS) is 16.2. The van der Waals surface area contributed by atoms with Crippen molar-refractivity contribution in [1.29, 1.82) is 0 Å². The van der Waals surface area contributed by atoms with Crippen LogP contribution >= 0.6 is 0 Å². The summed E-state index contributed by atoms with van der Waals surface area (Å²) in [6.45, 7) is 0.501. The summed E-state index contributed by atoms with van der Waals surface area (Å²) in [6.07, 6.45) is -3.81. The lowest BCUT2D eigenvalue weighted by Gasteiger charge is -2.44. The van der Waals surface area contributed by atoms with Crippen LogP contribution in [0.25, 0.3) is 0 Å². The second-order valence-electron chi connectivity index (χ2n) is 6.47. The average molecular weight is 591 g/mol. The van der Waals surface area contributed by atoms with E-state index in [1.165, 1.54) is 0 Å². The highest BCUT2D eigenvalue weighted by molar-refractivity contribution is 7.87. The molecule has 0 aliphatic rings. The van der Waals surface area contributed by atoms with Crippen molar-refractivity contribution in [3.05, 3.63) is 0 Å². The van der Waals surface area contributed by atoms with Crippen LogP contribution in [0.5, 0.6) is 0 Å². The van der Waals surface area contributed by atoms with Gasteiger partial charge in [-0.1, -0.05) is 13.3 Å². The first-order valence-electron chi connectivity index (χ1n) is 7.68. The van der Waals surface area contributed by atoms with Gasteiger partial charge in [-0.3, -0.25) is 4.55 Å². The molecule has 35 heavy (non-hydrogen) atoms. The third-order valence-electron chi connectivity index (χ3n) is 4.08. The average Bonchev–Trinajstić information content (AvgIpc) is 2.59. The molecule has 0 unspecified atom stereocenters. The molecule has 214 valence electrons. The van der Waals surface area contributed by atoms with Gasteiger partial charge >= 0.3 is 62.8 Å². The maximum atomic E-state index is 13.5. The molecule has 0 aliphatic carbocycles. The Hall–Kier alpha value is -1.39. The number of rotatable bonds is 11. The molecule has 23 heteroatoms. The van der Waals surface area contributed by atoms with Gasteiger partial charge in [0.2, 0.25) is 0 Å². The topological polar surface area (TPSA) is 89.4 Å². The smallest absolute Gasteiger partial charge is 0.344 e. The highest BCUT2D eigenvalue weighted by Crippen LogP contribution is 2.65. The summed E-state index contributed by atoms with van der Waals surface area (Å²) in [4.78, 5) is 0. The summed E-state index contributed by atoms with van der Waals surface area (Å²) in [5, 5.41) is -7.90. The van der Waals surface area contributed by atoms with Gasteiger partial charge in [0.15, 0.2) is 0 Å². The zero-order chi connectivity index (χ0) is 28.4. The van der Waals surface area contributed by atoms with Crippen LogP contribution in [0.3, 0.4) is 0 Å². The van der Waals surface area contributed by atoms with Crippen molar-refractivity contribution >= 4 is 10.1 Å². The summed E-state index contributed by atoms with van der Waals surface area (Å²) in [7, 11) is -7.96. The van der Waals surface area contributed by atoms with Crippen LogP contribution in [0.15, 0.2) is 0 Å².